The molecule has 16 heteroatoms. The first-order valence-corrected chi connectivity index (χ1v) is 20.6. The van der Waals surface area contributed by atoms with Crippen molar-refractivity contribution in [2.45, 2.75) is 83.6 Å². The summed E-state index contributed by atoms with van der Waals surface area (Å²) in [7, 11) is 0. The summed E-state index contributed by atoms with van der Waals surface area (Å²) in [4.78, 5) is 55.3. The van der Waals surface area contributed by atoms with Crippen LogP contribution in [0.5, 0.6) is 0 Å². The van der Waals surface area contributed by atoms with Gasteiger partial charge in [0.15, 0.2) is 0 Å². The summed E-state index contributed by atoms with van der Waals surface area (Å²) in [6.07, 6.45) is 5.39. The molecule has 61 heavy (non-hydrogen) atoms. The summed E-state index contributed by atoms with van der Waals surface area (Å²) in [5.41, 5.74) is 22.2. The minimum atomic E-state index is -1.01. The van der Waals surface area contributed by atoms with Crippen LogP contribution in [-0.4, -0.2) is 86.9 Å². The van der Waals surface area contributed by atoms with E-state index in [1.807, 2.05) is 43.3 Å². The van der Waals surface area contributed by atoms with Gasteiger partial charge in [-0.2, -0.15) is 0 Å². The number of hydrogen-bond acceptors (Lipinski definition) is 12. The Morgan fingerprint density at radius 3 is 1.72 bits per heavy atom. The lowest BCUT2D eigenvalue weighted by atomic mass is 9.96. The zero-order chi connectivity index (χ0) is 44.3. The number of pyridine rings is 2. The van der Waals surface area contributed by atoms with Crippen LogP contribution in [0.1, 0.15) is 59.3 Å². The number of benzene rings is 2. The first-order chi connectivity index (χ1) is 29.3. The number of anilines is 2. The lowest BCUT2D eigenvalue weighted by Crippen LogP contribution is -2.53. The number of carbonyl (C=O) groups excluding carboxylic acids is 3. The molecule has 6 rings (SSSR count). The average molecular weight is 840 g/mol. The summed E-state index contributed by atoms with van der Waals surface area (Å²) in [6, 6.07) is 25.1. The minimum Gasteiger partial charge on any atom is -0.481 e. The highest BCUT2D eigenvalue weighted by atomic mass is 16.4. The summed E-state index contributed by atoms with van der Waals surface area (Å²) in [5, 5.41) is 38.4. The molecule has 4 aromatic rings. The SMILES string of the molecule is Cc1nc(N)ccc1CNC(=O)[C@@H](N)CO.Cc1nc(N)ccc1CNC(=O)[C@H](CO)NC(=O)[C@H]1C[C@H](Cc2ccccc2)CN1.O=C(O)[C@@H]1CC[C@@H](Cc2ccccc2)C1. The van der Waals surface area contributed by atoms with Gasteiger partial charge < -0.3 is 53.8 Å². The van der Waals surface area contributed by atoms with Gasteiger partial charge in [-0.3, -0.25) is 19.2 Å². The smallest absolute Gasteiger partial charge is 0.306 e. The molecule has 0 spiro atoms. The zero-order valence-electron chi connectivity index (χ0n) is 34.9. The van der Waals surface area contributed by atoms with Crippen molar-refractivity contribution in [2.75, 3.05) is 31.2 Å². The lowest BCUT2D eigenvalue weighted by Gasteiger charge is -2.19. The predicted octanol–water partition coefficient (Wildman–Crippen LogP) is 1.92. The Hall–Kier alpha value is -5.94. The quantitative estimate of drug-likeness (QED) is 0.0821. The number of carboxylic acids is 1. The Morgan fingerprint density at radius 2 is 1.25 bits per heavy atom. The predicted molar refractivity (Wildman–Crippen MR) is 233 cm³/mol. The van der Waals surface area contributed by atoms with Gasteiger partial charge in [-0.15, -0.1) is 0 Å². The van der Waals surface area contributed by atoms with Crippen molar-refractivity contribution in [2.24, 2.45) is 23.5 Å². The van der Waals surface area contributed by atoms with Crippen LogP contribution >= 0.6 is 0 Å². The number of carbonyl (C=O) groups is 4. The number of aliphatic carboxylic acids is 1. The first-order valence-electron chi connectivity index (χ1n) is 20.6. The van der Waals surface area contributed by atoms with Crippen molar-refractivity contribution in [1.29, 1.82) is 0 Å². The van der Waals surface area contributed by atoms with E-state index in [0.29, 0.717) is 36.4 Å². The van der Waals surface area contributed by atoms with Gasteiger partial charge >= 0.3 is 5.97 Å². The van der Waals surface area contributed by atoms with Crippen molar-refractivity contribution in [3.05, 3.63) is 119 Å². The van der Waals surface area contributed by atoms with Crippen LogP contribution in [0, 0.1) is 31.6 Å². The van der Waals surface area contributed by atoms with Crippen molar-refractivity contribution in [3.8, 4) is 0 Å². The second kappa shape index (κ2) is 24.3. The highest BCUT2D eigenvalue weighted by molar-refractivity contribution is 5.90. The molecule has 0 radical (unpaired) electrons. The van der Waals surface area contributed by atoms with E-state index in [1.54, 1.807) is 31.2 Å². The van der Waals surface area contributed by atoms with E-state index in [2.05, 4.69) is 55.5 Å². The lowest BCUT2D eigenvalue weighted by molar-refractivity contribution is -0.141. The van der Waals surface area contributed by atoms with Gasteiger partial charge in [0.1, 0.15) is 23.7 Å². The molecule has 1 aliphatic carbocycles. The molecule has 0 bridgehead atoms. The van der Waals surface area contributed by atoms with Crippen molar-refractivity contribution in [3.63, 3.8) is 0 Å². The summed E-state index contributed by atoms with van der Waals surface area (Å²) >= 11 is 0. The van der Waals surface area contributed by atoms with Crippen molar-refractivity contribution in [1.82, 2.24) is 31.2 Å². The van der Waals surface area contributed by atoms with E-state index in [4.69, 9.17) is 27.4 Å². The Balaban J connectivity index is 0.000000222. The second-order valence-electron chi connectivity index (χ2n) is 15.6. The first kappa shape index (κ1) is 47.7. The maximum Gasteiger partial charge on any atom is 0.306 e. The number of nitrogens with two attached hydrogens (primary N) is 3. The number of rotatable bonds is 15. The number of nitrogens with zero attached hydrogens (tertiary/aromatic N) is 2. The van der Waals surface area contributed by atoms with E-state index >= 15 is 0 Å². The Morgan fingerprint density at radius 1 is 0.721 bits per heavy atom. The fourth-order valence-electron chi connectivity index (χ4n) is 7.30. The van der Waals surface area contributed by atoms with Crippen LogP contribution in [0.4, 0.5) is 11.6 Å². The van der Waals surface area contributed by atoms with Gasteiger partial charge in [0.05, 0.1) is 25.2 Å². The van der Waals surface area contributed by atoms with Gasteiger partial charge in [0.2, 0.25) is 17.7 Å². The Kier molecular flexibility index (Phi) is 19.1. The van der Waals surface area contributed by atoms with Crippen LogP contribution in [-0.2, 0) is 45.1 Å². The molecule has 2 aromatic carbocycles. The number of amides is 3. The highest BCUT2D eigenvalue weighted by Gasteiger charge is 2.32. The van der Waals surface area contributed by atoms with Crippen LogP contribution in [0.3, 0.4) is 0 Å². The van der Waals surface area contributed by atoms with Gasteiger partial charge in [0, 0.05) is 24.5 Å². The van der Waals surface area contributed by atoms with Crippen molar-refractivity contribution >= 4 is 35.3 Å². The average Bonchev–Trinajstić information content (AvgIpc) is 3.93. The molecule has 16 nitrogen and oxygen atoms in total. The van der Waals surface area contributed by atoms with Crippen molar-refractivity contribution < 1.29 is 34.5 Å². The van der Waals surface area contributed by atoms with E-state index in [-0.39, 0.29) is 31.0 Å². The molecule has 0 unspecified atom stereocenters. The molecule has 13 N–H and O–H groups in total. The molecule has 6 atom stereocenters. The van der Waals surface area contributed by atoms with Gasteiger partial charge in [-0.1, -0.05) is 72.8 Å². The van der Waals surface area contributed by atoms with Crippen LogP contribution < -0.4 is 38.5 Å². The normalized spacial score (nSPS) is 18.9. The molecule has 2 fully saturated rings. The summed E-state index contributed by atoms with van der Waals surface area (Å²) < 4.78 is 0. The number of nitrogen functional groups attached to an aromatic ring is 2. The Labute approximate surface area is 357 Å². The molecule has 2 aromatic heterocycles. The van der Waals surface area contributed by atoms with Gasteiger partial charge in [-0.05, 0) is 105 Å². The number of aliphatic hydroxyl groups excluding tert-OH is 2. The van der Waals surface area contributed by atoms with Crippen LogP contribution in [0.2, 0.25) is 0 Å². The third-order valence-corrected chi connectivity index (χ3v) is 10.9. The van der Waals surface area contributed by atoms with E-state index in [9.17, 15) is 24.3 Å². The third-order valence-electron chi connectivity index (χ3n) is 10.9. The largest absolute Gasteiger partial charge is 0.481 e. The molecule has 1 saturated heterocycles. The van der Waals surface area contributed by atoms with Gasteiger partial charge in [0.25, 0.3) is 0 Å². The molecule has 1 aliphatic heterocycles. The number of hydrogen-bond donors (Lipinski definition) is 10. The second-order valence-corrected chi connectivity index (χ2v) is 15.6. The third kappa shape index (κ3) is 15.9. The minimum absolute atomic E-state index is 0.0984. The summed E-state index contributed by atoms with van der Waals surface area (Å²) in [6.45, 7) is 4.08. The standard InChI is InChI=1S/C22H29N5O3.C13H16O2.C10H16N4O2/c1-14-17(7-8-20(23)26-14)12-25-21(29)19(13-28)27-22(30)18-10-16(11-24-18)9-15-5-3-2-4-6-15;14-13(15)12-7-6-11(9-12)8-10-4-2-1-3-5-10;1-6-7(2-3-9(12)14-6)4-13-10(16)8(11)5-15/h2-8,16,18-19,24,28H,9-13H2,1H3,(H2,23,26)(H,25,29)(H,27,30);1-5,11-12H,6-9H2,(H,14,15);2-3,8,15H,4-5,11H2,1H3,(H2,12,14)(H,13,16)/t16-,18+,19-;11-,12+;8-/m000/s1. The van der Waals surface area contributed by atoms with E-state index in [1.165, 1.54) is 11.1 Å². The molecule has 1 saturated carbocycles. The fourth-order valence-corrected chi connectivity index (χ4v) is 7.30. The molecule has 3 amide bonds. The Bertz CT molecular complexity index is 2020. The number of aromatic nitrogens is 2. The molecule has 3 heterocycles. The maximum atomic E-state index is 12.6. The van der Waals surface area contributed by atoms with Gasteiger partial charge in [-0.25, -0.2) is 9.97 Å². The molecular formula is C45H61N9O7. The van der Waals surface area contributed by atoms with Crippen LogP contribution in [0.25, 0.3) is 0 Å². The number of carboxylic acid groups (broad SMARTS) is 1. The number of nitrogens with one attached hydrogen (secondary N) is 4. The maximum absolute atomic E-state index is 12.6. The number of aliphatic hydroxyl groups is 2. The topological polar surface area (TPSA) is 281 Å². The monoisotopic (exact) mass is 839 g/mol. The molecular weight excluding hydrogens is 779 g/mol. The fraction of sp³-hybridized carbons (Fsp3) is 0.422. The summed E-state index contributed by atoms with van der Waals surface area (Å²) in [5.74, 6) is -0.0506. The van der Waals surface area contributed by atoms with Crippen LogP contribution in [0.15, 0.2) is 84.9 Å². The highest BCUT2D eigenvalue weighted by Crippen LogP contribution is 2.33. The molecule has 328 valence electrons. The molecule has 2 aliphatic rings. The number of aryl methyl sites for hydroxylation is 2. The zero-order valence-corrected chi connectivity index (χ0v) is 34.9. The van der Waals surface area contributed by atoms with E-state index < -0.39 is 36.5 Å². The van der Waals surface area contributed by atoms with E-state index in [0.717, 1.165) is 61.2 Å².